The van der Waals surface area contributed by atoms with Crippen molar-refractivity contribution in [3.8, 4) is 17.2 Å². The molecule has 1 aromatic carbocycles. The standard InChI is InChI=1S/C15H23NO4/c1-9(2)10(3)16-15(17)11-7-8-12(18-4)14(20-6)13(11)19-5/h7-10H,1-6H3,(H,16,17). The second-order valence-corrected chi connectivity index (χ2v) is 4.89. The molecule has 0 aliphatic heterocycles. The Hall–Kier alpha value is -1.91. The van der Waals surface area contributed by atoms with Crippen LogP contribution in [0.3, 0.4) is 0 Å². The number of amides is 1. The van der Waals surface area contributed by atoms with Crippen molar-refractivity contribution in [2.24, 2.45) is 5.92 Å². The predicted molar refractivity (Wildman–Crippen MR) is 77.9 cm³/mol. The number of ether oxygens (including phenoxy) is 3. The lowest BCUT2D eigenvalue weighted by atomic mass is 10.1. The molecule has 0 spiro atoms. The van der Waals surface area contributed by atoms with Crippen LogP contribution in [0.5, 0.6) is 17.2 Å². The molecule has 0 radical (unpaired) electrons. The largest absolute Gasteiger partial charge is 0.493 e. The first-order valence-electron chi connectivity index (χ1n) is 6.56. The van der Waals surface area contributed by atoms with Crippen LogP contribution in [-0.4, -0.2) is 33.3 Å². The zero-order valence-electron chi connectivity index (χ0n) is 12.9. The average Bonchev–Trinajstić information content (AvgIpc) is 2.44. The summed E-state index contributed by atoms with van der Waals surface area (Å²) in [5.41, 5.74) is 0.428. The second-order valence-electron chi connectivity index (χ2n) is 4.89. The summed E-state index contributed by atoms with van der Waals surface area (Å²) in [6.07, 6.45) is 0. The van der Waals surface area contributed by atoms with Crippen LogP contribution >= 0.6 is 0 Å². The molecule has 0 bridgehead atoms. The maximum atomic E-state index is 12.3. The van der Waals surface area contributed by atoms with Gasteiger partial charge in [0.2, 0.25) is 5.75 Å². The molecule has 0 saturated carbocycles. The number of rotatable bonds is 6. The van der Waals surface area contributed by atoms with E-state index in [4.69, 9.17) is 14.2 Å². The Morgan fingerprint density at radius 3 is 2.05 bits per heavy atom. The zero-order chi connectivity index (χ0) is 15.3. The summed E-state index contributed by atoms with van der Waals surface area (Å²) in [5.74, 6) is 1.48. The van der Waals surface area contributed by atoms with Gasteiger partial charge in [0.15, 0.2) is 11.5 Å². The third-order valence-electron chi connectivity index (χ3n) is 3.31. The normalized spacial score (nSPS) is 11.9. The van der Waals surface area contributed by atoms with E-state index in [0.717, 1.165) is 0 Å². The van der Waals surface area contributed by atoms with Crippen LogP contribution in [0, 0.1) is 5.92 Å². The average molecular weight is 281 g/mol. The van der Waals surface area contributed by atoms with E-state index in [1.807, 2.05) is 6.92 Å². The molecule has 5 nitrogen and oxygen atoms in total. The van der Waals surface area contributed by atoms with Gasteiger partial charge in [0.25, 0.3) is 5.91 Å². The smallest absolute Gasteiger partial charge is 0.255 e. The minimum absolute atomic E-state index is 0.0697. The molecule has 1 aromatic rings. The van der Waals surface area contributed by atoms with Crippen molar-refractivity contribution in [1.82, 2.24) is 5.32 Å². The number of carbonyl (C=O) groups excluding carboxylic acids is 1. The van der Waals surface area contributed by atoms with Crippen molar-refractivity contribution < 1.29 is 19.0 Å². The molecule has 112 valence electrons. The quantitative estimate of drug-likeness (QED) is 0.870. The van der Waals surface area contributed by atoms with E-state index in [-0.39, 0.29) is 11.9 Å². The molecular weight excluding hydrogens is 258 g/mol. The maximum absolute atomic E-state index is 12.3. The molecule has 0 saturated heterocycles. The highest BCUT2D eigenvalue weighted by Crippen LogP contribution is 2.39. The Morgan fingerprint density at radius 1 is 1.00 bits per heavy atom. The molecule has 1 atom stereocenters. The molecule has 0 aliphatic rings. The van der Waals surface area contributed by atoms with Crippen molar-refractivity contribution in [1.29, 1.82) is 0 Å². The number of carbonyl (C=O) groups is 1. The lowest BCUT2D eigenvalue weighted by Crippen LogP contribution is -2.36. The Morgan fingerprint density at radius 2 is 1.60 bits per heavy atom. The van der Waals surface area contributed by atoms with Crippen LogP contribution in [0.4, 0.5) is 0 Å². The van der Waals surface area contributed by atoms with Crippen LogP contribution in [-0.2, 0) is 0 Å². The molecule has 5 heteroatoms. The van der Waals surface area contributed by atoms with Gasteiger partial charge in [-0.15, -0.1) is 0 Å². The van der Waals surface area contributed by atoms with Crippen LogP contribution < -0.4 is 19.5 Å². The second kappa shape index (κ2) is 7.03. The molecule has 0 aromatic heterocycles. The Bertz CT molecular complexity index is 471. The van der Waals surface area contributed by atoms with Gasteiger partial charge in [0.05, 0.1) is 26.9 Å². The van der Waals surface area contributed by atoms with E-state index in [0.29, 0.717) is 28.7 Å². The first kappa shape index (κ1) is 16.1. The molecule has 20 heavy (non-hydrogen) atoms. The van der Waals surface area contributed by atoms with Crippen molar-refractivity contribution in [2.45, 2.75) is 26.8 Å². The molecule has 1 N–H and O–H groups in total. The van der Waals surface area contributed by atoms with Crippen LogP contribution in [0.15, 0.2) is 12.1 Å². The SMILES string of the molecule is COc1ccc(C(=O)NC(C)C(C)C)c(OC)c1OC. The molecule has 1 rings (SSSR count). The fourth-order valence-electron chi connectivity index (χ4n) is 1.73. The van der Waals surface area contributed by atoms with Gasteiger partial charge in [-0.2, -0.15) is 0 Å². The minimum Gasteiger partial charge on any atom is -0.493 e. The third kappa shape index (κ3) is 3.35. The monoisotopic (exact) mass is 281 g/mol. The van der Waals surface area contributed by atoms with E-state index in [9.17, 15) is 4.79 Å². The van der Waals surface area contributed by atoms with Crippen LogP contribution in [0.2, 0.25) is 0 Å². The summed E-state index contributed by atoms with van der Waals surface area (Å²) in [7, 11) is 4.55. The van der Waals surface area contributed by atoms with Crippen LogP contribution in [0.25, 0.3) is 0 Å². The molecule has 0 fully saturated rings. The van der Waals surface area contributed by atoms with Gasteiger partial charge in [-0.1, -0.05) is 13.8 Å². The van der Waals surface area contributed by atoms with Gasteiger partial charge in [0.1, 0.15) is 0 Å². The Balaban J connectivity index is 3.15. The van der Waals surface area contributed by atoms with Crippen molar-refractivity contribution >= 4 is 5.91 Å². The summed E-state index contributed by atoms with van der Waals surface area (Å²) in [5, 5.41) is 2.94. The first-order chi connectivity index (χ1) is 9.46. The molecule has 1 amide bonds. The Kier molecular flexibility index (Phi) is 5.67. The van der Waals surface area contributed by atoms with Crippen molar-refractivity contribution in [3.05, 3.63) is 17.7 Å². The third-order valence-corrected chi connectivity index (χ3v) is 3.31. The first-order valence-corrected chi connectivity index (χ1v) is 6.56. The van der Waals surface area contributed by atoms with Crippen molar-refractivity contribution in [2.75, 3.05) is 21.3 Å². The van der Waals surface area contributed by atoms with Crippen LogP contribution in [0.1, 0.15) is 31.1 Å². The summed E-state index contributed by atoms with van der Waals surface area (Å²) >= 11 is 0. The highest BCUT2D eigenvalue weighted by atomic mass is 16.5. The topological polar surface area (TPSA) is 56.8 Å². The summed E-state index contributed by atoms with van der Waals surface area (Å²) in [6.45, 7) is 6.07. The number of hydrogen-bond acceptors (Lipinski definition) is 4. The van der Waals surface area contributed by atoms with Gasteiger partial charge in [-0.05, 0) is 25.0 Å². The zero-order valence-corrected chi connectivity index (χ0v) is 12.9. The lowest BCUT2D eigenvalue weighted by Gasteiger charge is -2.19. The molecule has 0 heterocycles. The maximum Gasteiger partial charge on any atom is 0.255 e. The van der Waals surface area contributed by atoms with Gasteiger partial charge in [-0.25, -0.2) is 0 Å². The number of methoxy groups -OCH3 is 3. The Labute approximate surface area is 120 Å². The summed E-state index contributed by atoms with van der Waals surface area (Å²) < 4.78 is 15.8. The van der Waals surface area contributed by atoms with Gasteiger partial charge in [-0.3, -0.25) is 4.79 Å². The molecule has 0 aliphatic carbocycles. The van der Waals surface area contributed by atoms with Crippen molar-refractivity contribution in [3.63, 3.8) is 0 Å². The lowest BCUT2D eigenvalue weighted by molar-refractivity contribution is 0.0926. The van der Waals surface area contributed by atoms with E-state index in [1.165, 1.54) is 21.3 Å². The highest BCUT2D eigenvalue weighted by molar-refractivity contribution is 5.98. The fraction of sp³-hybridized carbons (Fsp3) is 0.533. The van der Waals surface area contributed by atoms with Gasteiger partial charge in [0, 0.05) is 6.04 Å². The molecule has 1 unspecified atom stereocenters. The fourth-order valence-corrected chi connectivity index (χ4v) is 1.73. The molecular formula is C15H23NO4. The predicted octanol–water partition coefficient (Wildman–Crippen LogP) is 2.49. The van der Waals surface area contributed by atoms with E-state index in [2.05, 4.69) is 19.2 Å². The number of benzene rings is 1. The summed E-state index contributed by atoms with van der Waals surface area (Å²) in [4.78, 5) is 12.3. The number of nitrogens with one attached hydrogen (secondary N) is 1. The summed E-state index contributed by atoms with van der Waals surface area (Å²) in [6, 6.07) is 3.43. The highest BCUT2D eigenvalue weighted by Gasteiger charge is 2.22. The van der Waals surface area contributed by atoms with E-state index < -0.39 is 0 Å². The van der Waals surface area contributed by atoms with Gasteiger partial charge >= 0.3 is 0 Å². The van der Waals surface area contributed by atoms with Gasteiger partial charge < -0.3 is 19.5 Å². The van der Waals surface area contributed by atoms with E-state index >= 15 is 0 Å². The van der Waals surface area contributed by atoms with E-state index in [1.54, 1.807) is 12.1 Å². The number of hydrogen-bond donors (Lipinski definition) is 1. The minimum atomic E-state index is -0.191.